The van der Waals surface area contributed by atoms with E-state index in [-0.39, 0.29) is 5.82 Å². The molecule has 0 atom stereocenters. The Balaban J connectivity index is 2.19. The molecule has 5 heteroatoms. The number of nitrogens with zero attached hydrogens (tertiary/aromatic N) is 2. The molecule has 0 spiro atoms. The van der Waals surface area contributed by atoms with Gasteiger partial charge in [-0.2, -0.15) is 0 Å². The molecule has 0 fully saturated rings. The van der Waals surface area contributed by atoms with E-state index in [0.717, 1.165) is 6.42 Å². The number of rotatable bonds is 5. The molecule has 0 saturated carbocycles. The summed E-state index contributed by atoms with van der Waals surface area (Å²) in [5.41, 5.74) is 6.44. The summed E-state index contributed by atoms with van der Waals surface area (Å²) in [4.78, 5) is 8.35. The summed E-state index contributed by atoms with van der Waals surface area (Å²) < 4.78 is 13.6. The molecule has 1 heterocycles. The number of halogens is 1. The van der Waals surface area contributed by atoms with Crippen LogP contribution in [0.1, 0.15) is 6.42 Å². The van der Waals surface area contributed by atoms with Gasteiger partial charge in [-0.3, -0.25) is 0 Å². The number of hydrogen-bond acceptors (Lipinski definition) is 4. The van der Waals surface area contributed by atoms with Crippen LogP contribution >= 0.6 is 0 Å². The average molecular weight is 246 g/mol. The van der Waals surface area contributed by atoms with E-state index in [2.05, 4.69) is 15.3 Å². The molecule has 0 bridgehead atoms. The molecule has 0 saturated heterocycles. The molecule has 4 nitrogen and oxygen atoms in total. The van der Waals surface area contributed by atoms with E-state index in [4.69, 9.17) is 5.73 Å². The molecule has 1 aromatic heterocycles. The lowest BCUT2D eigenvalue weighted by molar-refractivity contribution is 0.630. The highest BCUT2D eigenvalue weighted by Crippen LogP contribution is 2.20. The molecule has 0 radical (unpaired) electrons. The zero-order chi connectivity index (χ0) is 12.8. The summed E-state index contributed by atoms with van der Waals surface area (Å²) in [7, 11) is 0. The molecule has 2 rings (SSSR count). The molecular weight excluding hydrogens is 231 g/mol. The van der Waals surface area contributed by atoms with E-state index < -0.39 is 0 Å². The lowest BCUT2D eigenvalue weighted by Crippen LogP contribution is -2.10. The maximum atomic E-state index is 13.6. The Hall–Kier alpha value is -2.01. The van der Waals surface area contributed by atoms with Crippen molar-refractivity contribution in [2.75, 3.05) is 18.4 Å². The third-order valence-electron chi connectivity index (χ3n) is 2.47. The molecule has 94 valence electrons. The van der Waals surface area contributed by atoms with Gasteiger partial charge < -0.3 is 11.1 Å². The van der Waals surface area contributed by atoms with Gasteiger partial charge in [-0.05, 0) is 31.2 Å². The molecule has 0 amide bonds. The monoisotopic (exact) mass is 246 g/mol. The minimum Gasteiger partial charge on any atom is -0.354 e. The van der Waals surface area contributed by atoms with Gasteiger partial charge in [0.2, 0.25) is 5.95 Å². The second-order valence-corrected chi connectivity index (χ2v) is 3.81. The second-order valence-electron chi connectivity index (χ2n) is 3.81. The molecule has 0 aliphatic carbocycles. The number of nitrogens with one attached hydrogen (secondary N) is 1. The first-order valence-corrected chi connectivity index (χ1v) is 5.83. The lowest BCUT2D eigenvalue weighted by atomic mass is 10.1. The summed E-state index contributed by atoms with van der Waals surface area (Å²) in [6.07, 6.45) is 2.45. The molecule has 3 N–H and O–H groups in total. The number of benzene rings is 1. The van der Waals surface area contributed by atoms with Crippen molar-refractivity contribution in [2.45, 2.75) is 6.42 Å². The van der Waals surface area contributed by atoms with E-state index in [1.54, 1.807) is 30.5 Å². The molecule has 1 aromatic carbocycles. The third kappa shape index (κ3) is 3.01. The predicted molar refractivity (Wildman–Crippen MR) is 69.6 cm³/mol. The van der Waals surface area contributed by atoms with Crippen molar-refractivity contribution in [3.05, 3.63) is 42.3 Å². The summed E-state index contributed by atoms with van der Waals surface area (Å²) in [5.74, 6) is 0.202. The minimum atomic E-state index is -0.288. The van der Waals surface area contributed by atoms with Gasteiger partial charge in [0.15, 0.2) is 0 Å². The maximum Gasteiger partial charge on any atom is 0.223 e. The minimum absolute atomic E-state index is 0.288. The van der Waals surface area contributed by atoms with Crippen LogP contribution in [0, 0.1) is 5.82 Å². The first-order chi connectivity index (χ1) is 8.81. The Bertz CT molecular complexity index is 516. The average Bonchev–Trinajstić information content (AvgIpc) is 2.40. The van der Waals surface area contributed by atoms with Crippen LogP contribution in [0.5, 0.6) is 0 Å². The highest BCUT2D eigenvalue weighted by atomic mass is 19.1. The maximum absolute atomic E-state index is 13.6. The summed E-state index contributed by atoms with van der Waals surface area (Å²) in [6.45, 7) is 1.32. The fourth-order valence-electron chi connectivity index (χ4n) is 1.57. The summed E-state index contributed by atoms with van der Waals surface area (Å²) in [5, 5.41) is 3.05. The first kappa shape index (κ1) is 12.4. The van der Waals surface area contributed by atoms with Gasteiger partial charge in [0.25, 0.3) is 0 Å². The fourth-order valence-corrected chi connectivity index (χ4v) is 1.57. The molecule has 0 aliphatic rings. The quantitative estimate of drug-likeness (QED) is 0.792. The van der Waals surface area contributed by atoms with Crippen LogP contribution in [0.4, 0.5) is 10.3 Å². The van der Waals surface area contributed by atoms with Gasteiger partial charge in [-0.25, -0.2) is 14.4 Å². The van der Waals surface area contributed by atoms with Crippen LogP contribution in [0.15, 0.2) is 36.5 Å². The normalized spacial score (nSPS) is 10.3. The zero-order valence-corrected chi connectivity index (χ0v) is 9.94. The Morgan fingerprint density at radius 1 is 1.22 bits per heavy atom. The van der Waals surface area contributed by atoms with Crippen molar-refractivity contribution >= 4 is 5.95 Å². The van der Waals surface area contributed by atoms with Crippen molar-refractivity contribution in [2.24, 2.45) is 5.73 Å². The molecular formula is C13H15FN4. The molecule has 18 heavy (non-hydrogen) atoms. The number of nitrogens with two attached hydrogens (primary N) is 1. The van der Waals surface area contributed by atoms with Crippen molar-refractivity contribution in [1.82, 2.24) is 9.97 Å². The van der Waals surface area contributed by atoms with Gasteiger partial charge in [0.05, 0.1) is 5.69 Å². The molecule has 0 aliphatic heterocycles. The number of aromatic nitrogens is 2. The van der Waals surface area contributed by atoms with Crippen molar-refractivity contribution < 1.29 is 4.39 Å². The van der Waals surface area contributed by atoms with Crippen LogP contribution in [0.25, 0.3) is 11.3 Å². The van der Waals surface area contributed by atoms with Crippen molar-refractivity contribution in [3.8, 4) is 11.3 Å². The van der Waals surface area contributed by atoms with Gasteiger partial charge in [-0.1, -0.05) is 12.1 Å². The number of hydrogen-bond donors (Lipinski definition) is 2. The first-order valence-electron chi connectivity index (χ1n) is 5.83. The van der Waals surface area contributed by atoms with E-state index in [9.17, 15) is 4.39 Å². The Labute approximate surface area is 105 Å². The Morgan fingerprint density at radius 2 is 2.06 bits per heavy atom. The molecule has 2 aromatic rings. The van der Waals surface area contributed by atoms with E-state index in [1.165, 1.54) is 6.07 Å². The van der Waals surface area contributed by atoms with Gasteiger partial charge >= 0.3 is 0 Å². The third-order valence-corrected chi connectivity index (χ3v) is 2.47. The van der Waals surface area contributed by atoms with Crippen LogP contribution in [-0.4, -0.2) is 23.1 Å². The summed E-state index contributed by atoms with van der Waals surface area (Å²) >= 11 is 0. The molecule has 0 unspecified atom stereocenters. The predicted octanol–water partition coefficient (Wildman–Crippen LogP) is 2.04. The Kier molecular flexibility index (Phi) is 4.20. The van der Waals surface area contributed by atoms with E-state index >= 15 is 0 Å². The van der Waals surface area contributed by atoms with Crippen molar-refractivity contribution in [3.63, 3.8) is 0 Å². The zero-order valence-electron chi connectivity index (χ0n) is 9.94. The topological polar surface area (TPSA) is 63.8 Å². The van der Waals surface area contributed by atoms with Crippen LogP contribution in [0.2, 0.25) is 0 Å². The second kappa shape index (κ2) is 6.07. The highest BCUT2D eigenvalue weighted by Gasteiger charge is 2.06. The fraction of sp³-hybridized carbons (Fsp3) is 0.231. The Morgan fingerprint density at radius 3 is 2.83 bits per heavy atom. The van der Waals surface area contributed by atoms with Gasteiger partial charge in [0, 0.05) is 18.3 Å². The summed E-state index contributed by atoms with van der Waals surface area (Å²) in [6, 6.07) is 8.23. The van der Waals surface area contributed by atoms with E-state index in [1.807, 2.05) is 0 Å². The smallest absolute Gasteiger partial charge is 0.223 e. The van der Waals surface area contributed by atoms with Gasteiger partial charge in [0.1, 0.15) is 5.82 Å². The van der Waals surface area contributed by atoms with E-state index in [0.29, 0.717) is 30.3 Å². The number of anilines is 1. The van der Waals surface area contributed by atoms with Crippen LogP contribution in [-0.2, 0) is 0 Å². The van der Waals surface area contributed by atoms with Crippen LogP contribution < -0.4 is 11.1 Å². The SMILES string of the molecule is NCCCNc1nccc(-c2ccccc2F)n1. The largest absolute Gasteiger partial charge is 0.354 e. The van der Waals surface area contributed by atoms with Crippen molar-refractivity contribution in [1.29, 1.82) is 0 Å². The van der Waals surface area contributed by atoms with Gasteiger partial charge in [-0.15, -0.1) is 0 Å². The standard InChI is InChI=1S/C13H15FN4/c14-11-5-2-1-4-10(11)12-6-9-17-13(18-12)16-8-3-7-15/h1-2,4-6,9H,3,7-8,15H2,(H,16,17,18). The highest BCUT2D eigenvalue weighted by molar-refractivity contribution is 5.60. The lowest BCUT2D eigenvalue weighted by Gasteiger charge is -2.06. The van der Waals surface area contributed by atoms with Crippen LogP contribution in [0.3, 0.4) is 0 Å².